The molecule has 19 heavy (non-hydrogen) atoms. The zero-order valence-corrected chi connectivity index (χ0v) is 12.5. The van der Waals surface area contributed by atoms with Crippen LogP contribution in [0.1, 0.15) is 39.5 Å². The second-order valence-corrected chi connectivity index (χ2v) is 5.91. The minimum Gasteiger partial charge on any atom is -0.339 e. The summed E-state index contributed by atoms with van der Waals surface area (Å²) in [5.74, 6) is 1.13. The zero-order valence-electron chi connectivity index (χ0n) is 12.5. The molecule has 2 rings (SSSR count). The molecule has 4 heteroatoms. The molecule has 2 fully saturated rings. The van der Waals surface area contributed by atoms with Crippen molar-refractivity contribution in [1.29, 1.82) is 0 Å². The van der Waals surface area contributed by atoms with Crippen molar-refractivity contribution in [3.05, 3.63) is 0 Å². The van der Waals surface area contributed by atoms with E-state index in [0.29, 0.717) is 5.91 Å². The number of nitrogens with zero attached hydrogens (tertiary/aromatic N) is 2. The summed E-state index contributed by atoms with van der Waals surface area (Å²) in [6.45, 7) is 10.4. The maximum atomic E-state index is 12.6. The van der Waals surface area contributed by atoms with Crippen LogP contribution in [-0.2, 0) is 4.79 Å². The fourth-order valence-electron chi connectivity index (χ4n) is 3.30. The molecular weight excluding hydrogens is 238 g/mol. The molecule has 0 radical (unpaired) electrons. The molecule has 0 aromatic rings. The van der Waals surface area contributed by atoms with Gasteiger partial charge in [0.2, 0.25) is 5.91 Å². The summed E-state index contributed by atoms with van der Waals surface area (Å²) >= 11 is 0. The lowest BCUT2D eigenvalue weighted by molar-refractivity contribution is -0.136. The van der Waals surface area contributed by atoms with E-state index in [1.54, 1.807) is 0 Å². The molecule has 4 nitrogen and oxygen atoms in total. The van der Waals surface area contributed by atoms with Gasteiger partial charge in [0.05, 0.1) is 6.04 Å². The predicted molar refractivity (Wildman–Crippen MR) is 78.1 cm³/mol. The second kappa shape index (κ2) is 7.25. The SMILES string of the molecule is CCC(CC)CN1CCCC1C(=O)N1CCNCC1. The van der Waals surface area contributed by atoms with Crippen LogP contribution in [0.2, 0.25) is 0 Å². The van der Waals surface area contributed by atoms with Gasteiger partial charge in [-0.2, -0.15) is 0 Å². The van der Waals surface area contributed by atoms with Gasteiger partial charge in [-0.15, -0.1) is 0 Å². The maximum absolute atomic E-state index is 12.6. The van der Waals surface area contributed by atoms with Crippen LogP contribution in [-0.4, -0.2) is 61.0 Å². The predicted octanol–water partition coefficient (Wildman–Crippen LogP) is 1.32. The lowest BCUT2D eigenvalue weighted by Gasteiger charge is -2.34. The van der Waals surface area contributed by atoms with E-state index in [2.05, 4.69) is 29.0 Å². The molecule has 0 spiro atoms. The molecule has 110 valence electrons. The first-order valence-corrected chi connectivity index (χ1v) is 7.99. The average molecular weight is 267 g/mol. The van der Waals surface area contributed by atoms with Gasteiger partial charge in [-0.05, 0) is 25.3 Å². The summed E-state index contributed by atoms with van der Waals surface area (Å²) in [6.07, 6.45) is 4.69. The van der Waals surface area contributed by atoms with Crippen molar-refractivity contribution in [2.75, 3.05) is 39.3 Å². The minimum absolute atomic E-state index is 0.165. The van der Waals surface area contributed by atoms with Crippen LogP contribution in [0.4, 0.5) is 0 Å². The first-order chi connectivity index (χ1) is 9.26. The largest absolute Gasteiger partial charge is 0.339 e. The molecule has 0 bridgehead atoms. The van der Waals surface area contributed by atoms with Gasteiger partial charge < -0.3 is 10.2 Å². The highest BCUT2D eigenvalue weighted by atomic mass is 16.2. The molecule has 0 saturated carbocycles. The van der Waals surface area contributed by atoms with Crippen LogP contribution in [0.15, 0.2) is 0 Å². The van der Waals surface area contributed by atoms with Crippen LogP contribution in [0.3, 0.4) is 0 Å². The number of hydrogen-bond donors (Lipinski definition) is 1. The van der Waals surface area contributed by atoms with E-state index in [1.165, 1.54) is 19.3 Å². The number of carbonyl (C=O) groups excluding carboxylic acids is 1. The molecule has 0 aromatic carbocycles. The van der Waals surface area contributed by atoms with Gasteiger partial charge in [0.15, 0.2) is 0 Å². The molecule has 2 aliphatic rings. The zero-order chi connectivity index (χ0) is 13.7. The Morgan fingerprint density at radius 1 is 1.21 bits per heavy atom. The third-order valence-electron chi connectivity index (χ3n) is 4.72. The summed E-state index contributed by atoms with van der Waals surface area (Å²) in [7, 11) is 0. The van der Waals surface area contributed by atoms with E-state index in [0.717, 1.165) is 51.6 Å². The topological polar surface area (TPSA) is 35.6 Å². The molecule has 0 aliphatic carbocycles. The number of carbonyl (C=O) groups is 1. The quantitative estimate of drug-likeness (QED) is 0.816. The monoisotopic (exact) mass is 267 g/mol. The normalized spacial score (nSPS) is 25.2. The third kappa shape index (κ3) is 3.69. The van der Waals surface area contributed by atoms with Crippen molar-refractivity contribution in [1.82, 2.24) is 15.1 Å². The van der Waals surface area contributed by atoms with Crippen molar-refractivity contribution < 1.29 is 4.79 Å². The molecule has 1 unspecified atom stereocenters. The Morgan fingerprint density at radius 2 is 1.89 bits per heavy atom. The highest BCUT2D eigenvalue weighted by molar-refractivity contribution is 5.82. The van der Waals surface area contributed by atoms with Crippen molar-refractivity contribution >= 4 is 5.91 Å². The van der Waals surface area contributed by atoms with Crippen LogP contribution in [0.25, 0.3) is 0 Å². The third-order valence-corrected chi connectivity index (χ3v) is 4.72. The molecule has 2 heterocycles. The Balaban J connectivity index is 1.91. The van der Waals surface area contributed by atoms with Crippen LogP contribution in [0.5, 0.6) is 0 Å². The second-order valence-electron chi connectivity index (χ2n) is 5.91. The Kier molecular flexibility index (Phi) is 5.64. The van der Waals surface area contributed by atoms with E-state index in [1.807, 2.05) is 0 Å². The van der Waals surface area contributed by atoms with Crippen molar-refractivity contribution in [3.8, 4) is 0 Å². The Labute approximate surface area is 117 Å². The first-order valence-electron chi connectivity index (χ1n) is 7.99. The van der Waals surface area contributed by atoms with Gasteiger partial charge in [-0.25, -0.2) is 0 Å². The van der Waals surface area contributed by atoms with Crippen molar-refractivity contribution in [3.63, 3.8) is 0 Å². The fourth-order valence-corrected chi connectivity index (χ4v) is 3.30. The minimum atomic E-state index is 0.165. The summed E-state index contributed by atoms with van der Waals surface area (Å²) in [6, 6.07) is 0.165. The smallest absolute Gasteiger partial charge is 0.240 e. The first kappa shape index (κ1) is 14.8. The molecule has 1 atom stereocenters. The summed E-state index contributed by atoms with van der Waals surface area (Å²) in [5.41, 5.74) is 0. The van der Waals surface area contributed by atoms with Crippen LogP contribution >= 0.6 is 0 Å². The summed E-state index contributed by atoms with van der Waals surface area (Å²) in [5, 5.41) is 3.31. The summed E-state index contributed by atoms with van der Waals surface area (Å²) in [4.78, 5) is 17.1. The molecular formula is C15H29N3O. The number of hydrogen-bond acceptors (Lipinski definition) is 3. The van der Waals surface area contributed by atoms with Gasteiger partial charge in [0.25, 0.3) is 0 Å². The van der Waals surface area contributed by atoms with Gasteiger partial charge >= 0.3 is 0 Å². The number of nitrogens with one attached hydrogen (secondary N) is 1. The number of amides is 1. The van der Waals surface area contributed by atoms with E-state index in [4.69, 9.17) is 0 Å². The number of rotatable bonds is 5. The van der Waals surface area contributed by atoms with E-state index < -0.39 is 0 Å². The van der Waals surface area contributed by atoms with Crippen molar-refractivity contribution in [2.45, 2.75) is 45.6 Å². The number of piperazine rings is 1. The van der Waals surface area contributed by atoms with Gasteiger partial charge in [-0.3, -0.25) is 9.69 Å². The van der Waals surface area contributed by atoms with Crippen LogP contribution < -0.4 is 5.32 Å². The Hall–Kier alpha value is -0.610. The standard InChI is InChI=1S/C15H29N3O/c1-3-13(4-2)12-18-9-5-6-14(18)15(19)17-10-7-16-8-11-17/h13-14,16H,3-12H2,1-2H3. The maximum Gasteiger partial charge on any atom is 0.240 e. The van der Waals surface area contributed by atoms with E-state index in [-0.39, 0.29) is 6.04 Å². The molecule has 1 N–H and O–H groups in total. The molecule has 0 aromatic heterocycles. The van der Waals surface area contributed by atoms with Crippen molar-refractivity contribution in [2.24, 2.45) is 5.92 Å². The molecule has 2 saturated heterocycles. The number of likely N-dealkylation sites (tertiary alicyclic amines) is 1. The van der Waals surface area contributed by atoms with E-state index in [9.17, 15) is 4.79 Å². The summed E-state index contributed by atoms with van der Waals surface area (Å²) < 4.78 is 0. The lowest BCUT2D eigenvalue weighted by Crippen LogP contribution is -2.53. The fraction of sp³-hybridized carbons (Fsp3) is 0.933. The Morgan fingerprint density at radius 3 is 2.53 bits per heavy atom. The van der Waals surface area contributed by atoms with Gasteiger partial charge in [-0.1, -0.05) is 26.7 Å². The van der Waals surface area contributed by atoms with Gasteiger partial charge in [0.1, 0.15) is 0 Å². The average Bonchev–Trinajstić information content (AvgIpc) is 2.93. The lowest BCUT2D eigenvalue weighted by atomic mass is 10.0. The highest BCUT2D eigenvalue weighted by Crippen LogP contribution is 2.22. The highest BCUT2D eigenvalue weighted by Gasteiger charge is 2.34. The van der Waals surface area contributed by atoms with Gasteiger partial charge in [0, 0.05) is 32.7 Å². The molecule has 1 amide bonds. The molecule has 2 aliphatic heterocycles. The van der Waals surface area contributed by atoms with Crippen LogP contribution in [0, 0.1) is 5.92 Å². The Bertz CT molecular complexity index is 285. The van der Waals surface area contributed by atoms with E-state index >= 15 is 0 Å².